The predicted molar refractivity (Wildman–Crippen MR) is 58.2 cm³/mol. The molecule has 0 N–H and O–H groups in total. The molecule has 0 unspecified atom stereocenters. The largest absolute Gasteiger partial charge is 0.797 e. The van der Waals surface area contributed by atoms with E-state index in [9.17, 15) is 8.63 Å². The molecule has 0 radical (unpaired) electrons. The van der Waals surface area contributed by atoms with E-state index < -0.39 is 7.47 Å². The third-order valence-electron chi connectivity index (χ3n) is 1.83. The Balaban J connectivity index is 2.31. The first-order chi connectivity index (χ1) is 8.25. The Labute approximate surface area is 96.2 Å². The molecular formula is C10H7BF2N2O2. The second-order valence-electron chi connectivity index (χ2n) is 3.00. The van der Waals surface area contributed by atoms with E-state index in [0.29, 0.717) is 5.56 Å². The molecule has 0 amide bonds. The van der Waals surface area contributed by atoms with Gasteiger partial charge in [0.1, 0.15) is 6.26 Å². The first-order valence-corrected chi connectivity index (χ1v) is 4.73. The minimum Gasteiger partial charge on any atom is -0.490 e. The average molecular weight is 236 g/mol. The Hall–Kier alpha value is -2.18. The number of nitrogens with zero attached hydrogens (tertiary/aromatic N) is 2. The lowest BCUT2D eigenvalue weighted by molar-refractivity contribution is 0.419. The molecule has 0 aliphatic carbocycles. The number of halogens is 2. The molecule has 86 valence electrons. The summed E-state index contributed by atoms with van der Waals surface area (Å²) >= 11 is 0. The van der Waals surface area contributed by atoms with Crippen LogP contribution in [0.15, 0.2) is 52.4 Å². The quantitative estimate of drug-likeness (QED) is 0.467. The van der Waals surface area contributed by atoms with Crippen LogP contribution in [0.2, 0.25) is 0 Å². The first-order valence-electron chi connectivity index (χ1n) is 4.73. The summed E-state index contributed by atoms with van der Waals surface area (Å²) in [5.41, 5.74) is 0.330. The van der Waals surface area contributed by atoms with Gasteiger partial charge in [0.2, 0.25) is 5.90 Å². The van der Waals surface area contributed by atoms with Crippen molar-refractivity contribution in [3.63, 3.8) is 0 Å². The zero-order chi connectivity index (χ0) is 12.1. The Morgan fingerprint density at radius 2 is 2.24 bits per heavy atom. The zero-order valence-electron chi connectivity index (χ0n) is 8.59. The van der Waals surface area contributed by atoms with Gasteiger partial charge in [0.25, 0.3) is 0 Å². The summed E-state index contributed by atoms with van der Waals surface area (Å²) < 4.78 is 33.6. The molecule has 0 aromatic carbocycles. The minimum atomic E-state index is -2.95. The maximum atomic E-state index is 12.2. The van der Waals surface area contributed by atoms with E-state index in [-0.39, 0.29) is 11.7 Å². The fourth-order valence-corrected chi connectivity index (χ4v) is 1.15. The van der Waals surface area contributed by atoms with Crippen molar-refractivity contribution >= 4 is 19.2 Å². The molecule has 7 heteroatoms. The van der Waals surface area contributed by atoms with Crippen LogP contribution in [0.1, 0.15) is 5.56 Å². The summed E-state index contributed by atoms with van der Waals surface area (Å²) in [6, 6.07) is 6.45. The van der Waals surface area contributed by atoms with Crippen molar-refractivity contribution in [3.05, 3.63) is 48.6 Å². The van der Waals surface area contributed by atoms with Crippen molar-refractivity contribution in [1.82, 2.24) is 4.98 Å². The van der Waals surface area contributed by atoms with Gasteiger partial charge in [-0.05, 0) is 18.2 Å². The maximum absolute atomic E-state index is 12.2. The van der Waals surface area contributed by atoms with Gasteiger partial charge in [-0.3, -0.25) is 0 Å². The highest BCUT2D eigenvalue weighted by Crippen LogP contribution is 2.12. The fourth-order valence-electron chi connectivity index (χ4n) is 1.15. The standard InChI is InChI=1S/C10H7BF2N2O2/c12-11(13)17-10(8-4-6-16-7-8)15-9-3-1-2-5-14-9/h1-7H/b15-10+. The lowest BCUT2D eigenvalue weighted by atomic mass is 10.3. The smallest absolute Gasteiger partial charge is 0.490 e. The molecule has 0 saturated carbocycles. The van der Waals surface area contributed by atoms with E-state index in [1.165, 1.54) is 24.8 Å². The van der Waals surface area contributed by atoms with Gasteiger partial charge in [0.15, 0.2) is 5.82 Å². The number of pyridine rings is 1. The Morgan fingerprint density at radius 1 is 1.35 bits per heavy atom. The van der Waals surface area contributed by atoms with Gasteiger partial charge in [-0.2, -0.15) is 4.99 Å². The molecule has 0 spiro atoms. The van der Waals surface area contributed by atoms with Crippen LogP contribution in [0.4, 0.5) is 14.4 Å². The van der Waals surface area contributed by atoms with Crippen molar-refractivity contribution < 1.29 is 17.7 Å². The predicted octanol–water partition coefficient (Wildman–Crippen LogP) is 2.69. The topological polar surface area (TPSA) is 47.6 Å². The second-order valence-corrected chi connectivity index (χ2v) is 3.00. The summed E-state index contributed by atoms with van der Waals surface area (Å²) in [6.07, 6.45) is 4.12. The highest BCUT2D eigenvalue weighted by molar-refractivity contribution is 6.38. The Morgan fingerprint density at radius 3 is 2.82 bits per heavy atom. The van der Waals surface area contributed by atoms with E-state index in [2.05, 4.69) is 14.6 Å². The lowest BCUT2D eigenvalue weighted by Crippen LogP contribution is -2.14. The summed E-state index contributed by atoms with van der Waals surface area (Å²) in [7, 11) is -2.95. The van der Waals surface area contributed by atoms with E-state index >= 15 is 0 Å². The number of aromatic nitrogens is 1. The molecule has 0 bridgehead atoms. The summed E-state index contributed by atoms with van der Waals surface area (Å²) in [5, 5.41) is 0. The van der Waals surface area contributed by atoms with Gasteiger partial charge >= 0.3 is 7.47 Å². The van der Waals surface area contributed by atoms with Crippen LogP contribution < -0.4 is 0 Å². The molecule has 0 aliphatic heterocycles. The number of rotatable bonds is 3. The highest BCUT2D eigenvalue weighted by atomic mass is 19.2. The maximum Gasteiger partial charge on any atom is 0.797 e. The fraction of sp³-hybridized carbons (Fsp3) is 0. The zero-order valence-corrected chi connectivity index (χ0v) is 8.59. The van der Waals surface area contributed by atoms with Crippen LogP contribution in [0, 0.1) is 0 Å². The normalized spacial score (nSPS) is 11.3. The molecule has 17 heavy (non-hydrogen) atoms. The molecule has 0 atom stereocenters. The van der Waals surface area contributed by atoms with Crippen LogP contribution in [0.5, 0.6) is 0 Å². The monoisotopic (exact) mass is 236 g/mol. The van der Waals surface area contributed by atoms with E-state index in [0.717, 1.165) is 0 Å². The first kappa shape index (κ1) is 11.3. The lowest BCUT2D eigenvalue weighted by Gasteiger charge is -2.03. The molecule has 4 nitrogen and oxygen atoms in total. The van der Waals surface area contributed by atoms with Gasteiger partial charge in [-0.1, -0.05) is 6.07 Å². The molecule has 0 saturated heterocycles. The van der Waals surface area contributed by atoms with Crippen LogP contribution in [0.25, 0.3) is 0 Å². The van der Waals surface area contributed by atoms with Gasteiger partial charge < -0.3 is 9.07 Å². The third-order valence-corrected chi connectivity index (χ3v) is 1.83. The van der Waals surface area contributed by atoms with Gasteiger partial charge in [-0.15, -0.1) is 0 Å². The van der Waals surface area contributed by atoms with Crippen LogP contribution >= 0.6 is 0 Å². The average Bonchev–Trinajstić information content (AvgIpc) is 2.82. The Kier molecular flexibility index (Phi) is 3.49. The number of aliphatic imine (C=N–C) groups is 1. The van der Waals surface area contributed by atoms with Crippen molar-refractivity contribution in [2.75, 3.05) is 0 Å². The van der Waals surface area contributed by atoms with E-state index in [4.69, 9.17) is 4.42 Å². The number of furan rings is 1. The summed E-state index contributed by atoms with van der Waals surface area (Å²) in [4.78, 5) is 7.78. The second kappa shape index (κ2) is 5.24. The van der Waals surface area contributed by atoms with Crippen molar-refractivity contribution in [1.29, 1.82) is 0 Å². The van der Waals surface area contributed by atoms with Crippen molar-refractivity contribution in [2.24, 2.45) is 4.99 Å². The minimum absolute atomic E-state index is 0.229. The SMILES string of the molecule is FB(F)O/C(=N/c1ccccn1)c1ccoc1. The van der Waals surface area contributed by atoms with Crippen LogP contribution in [-0.2, 0) is 4.65 Å². The number of hydrogen-bond donors (Lipinski definition) is 0. The van der Waals surface area contributed by atoms with Gasteiger partial charge in [-0.25, -0.2) is 13.6 Å². The third kappa shape index (κ3) is 3.14. The highest BCUT2D eigenvalue weighted by Gasteiger charge is 2.22. The Bertz CT molecular complexity index is 488. The van der Waals surface area contributed by atoms with Gasteiger partial charge in [0, 0.05) is 6.20 Å². The van der Waals surface area contributed by atoms with E-state index in [1.807, 2.05) is 0 Å². The molecule has 2 aromatic rings. The molecule has 2 rings (SSSR count). The van der Waals surface area contributed by atoms with Crippen molar-refractivity contribution in [2.45, 2.75) is 0 Å². The molecule has 0 aliphatic rings. The van der Waals surface area contributed by atoms with Crippen molar-refractivity contribution in [3.8, 4) is 0 Å². The summed E-state index contributed by atoms with van der Waals surface area (Å²) in [6.45, 7) is 0. The molecular weight excluding hydrogens is 229 g/mol. The molecule has 0 fully saturated rings. The molecule has 2 aromatic heterocycles. The van der Waals surface area contributed by atoms with Crippen LogP contribution in [-0.4, -0.2) is 18.4 Å². The summed E-state index contributed by atoms with van der Waals surface area (Å²) in [5.74, 6) is 0.0526. The van der Waals surface area contributed by atoms with E-state index in [1.54, 1.807) is 18.2 Å². The van der Waals surface area contributed by atoms with Gasteiger partial charge in [0.05, 0.1) is 11.8 Å². The molecule has 2 heterocycles. The van der Waals surface area contributed by atoms with Crippen LogP contribution in [0.3, 0.4) is 0 Å². The number of hydrogen-bond acceptors (Lipinski definition) is 4.